The van der Waals surface area contributed by atoms with Crippen LogP contribution in [-0.2, 0) is 6.42 Å². The lowest BCUT2D eigenvalue weighted by Gasteiger charge is -2.37. The van der Waals surface area contributed by atoms with Gasteiger partial charge in [0, 0.05) is 36.4 Å². The van der Waals surface area contributed by atoms with Crippen molar-refractivity contribution in [1.29, 1.82) is 0 Å². The lowest BCUT2D eigenvalue weighted by atomic mass is 9.77. The number of pyridine rings is 1. The zero-order chi connectivity index (χ0) is 33.0. The van der Waals surface area contributed by atoms with Crippen molar-refractivity contribution in [1.82, 2.24) is 4.98 Å². The van der Waals surface area contributed by atoms with E-state index in [2.05, 4.69) is 67.0 Å². The first-order valence-electron chi connectivity index (χ1n) is 16.7. The molecule has 2 fully saturated rings. The summed E-state index contributed by atoms with van der Waals surface area (Å²) in [6.07, 6.45) is 11.5. The number of hydrogen-bond donors (Lipinski definition) is 1. The number of nitrogens with zero attached hydrogens (tertiary/aromatic N) is 3. The second-order valence-electron chi connectivity index (χ2n) is 12.8. The fourth-order valence-corrected chi connectivity index (χ4v) is 6.42. The molecule has 2 saturated carbocycles. The summed E-state index contributed by atoms with van der Waals surface area (Å²) in [5, 5.41) is 0. The SMILES string of the molecule is C=C(C)CC.C=C(C1CCCCC1)N(CC1CCC(c2ccc(CC)c(C)c2)CC1)c1cc(C(=C/N)/C=N/C(F)(F)F)ccn1. The monoisotopic (exact) mass is 622 g/mol. The number of aryl methyl sites for hydroxylation is 2. The van der Waals surface area contributed by atoms with E-state index in [1.165, 1.54) is 41.5 Å². The van der Waals surface area contributed by atoms with Crippen LogP contribution in [0, 0.1) is 18.8 Å². The lowest BCUT2D eigenvalue weighted by Crippen LogP contribution is -2.34. The van der Waals surface area contributed by atoms with Gasteiger partial charge in [-0.05, 0) is 117 Å². The standard InChI is InChI=1S/C33H43F3N4.C5H10/c1-4-26-14-15-29(18-23(26)2)28-12-10-25(11-13-28)22-40(24(3)27-8-6-5-7-9-27)32-19-30(16-17-38-32)31(20-37)21-39-33(34,35)36;1-4-5(2)3/h14-21,25,27-28H,3-13,22,37H2,1-2H3;2,4H2,1,3H3/b31-20+,39-21+;. The van der Waals surface area contributed by atoms with Gasteiger partial charge in [-0.1, -0.05) is 63.5 Å². The summed E-state index contributed by atoms with van der Waals surface area (Å²) in [4.78, 5) is 9.60. The normalized spacial score (nSPS) is 19.6. The Morgan fingerprint density at radius 2 is 1.69 bits per heavy atom. The van der Waals surface area contributed by atoms with Gasteiger partial charge in [0.05, 0.1) is 0 Å². The van der Waals surface area contributed by atoms with Crippen molar-refractivity contribution >= 4 is 17.6 Å². The Morgan fingerprint density at radius 1 is 1.02 bits per heavy atom. The number of allylic oxidation sites excluding steroid dienone is 3. The highest BCUT2D eigenvalue weighted by atomic mass is 19.4. The number of hydrogen-bond acceptors (Lipinski definition) is 4. The maximum Gasteiger partial charge on any atom is 0.503 e. The third-order valence-electron chi connectivity index (χ3n) is 9.42. The number of aliphatic imine (C=N–C) groups is 1. The van der Waals surface area contributed by atoms with E-state index < -0.39 is 6.30 Å². The molecule has 2 aliphatic rings. The predicted molar refractivity (Wildman–Crippen MR) is 184 cm³/mol. The molecule has 0 atom stereocenters. The molecule has 2 aromatic rings. The van der Waals surface area contributed by atoms with Crippen LogP contribution in [0.3, 0.4) is 0 Å². The molecule has 0 bridgehead atoms. The fraction of sp³-hybridized carbons (Fsp3) is 0.526. The molecule has 0 aliphatic heterocycles. The van der Waals surface area contributed by atoms with E-state index in [1.54, 1.807) is 12.3 Å². The summed E-state index contributed by atoms with van der Waals surface area (Å²) >= 11 is 0. The van der Waals surface area contributed by atoms with Crippen LogP contribution in [0.25, 0.3) is 5.57 Å². The van der Waals surface area contributed by atoms with Crippen molar-refractivity contribution in [2.24, 2.45) is 22.6 Å². The topological polar surface area (TPSA) is 54.5 Å². The van der Waals surface area contributed by atoms with Crippen molar-refractivity contribution in [2.45, 2.75) is 111 Å². The van der Waals surface area contributed by atoms with Gasteiger partial charge < -0.3 is 10.6 Å². The summed E-state index contributed by atoms with van der Waals surface area (Å²) < 4.78 is 38.2. The molecular formula is C38H53F3N4. The highest BCUT2D eigenvalue weighted by molar-refractivity contribution is 6.09. The van der Waals surface area contributed by atoms with Gasteiger partial charge in [0.25, 0.3) is 0 Å². The molecule has 4 rings (SSSR count). The molecule has 1 aromatic heterocycles. The Balaban J connectivity index is 0.00000102. The van der Waals surface area contributed by atoms with Gasteiger partial charge in [-0.25, -0.2) is 4.98 Å². The van der Waals surface area contributed by atoms with Crippen LogP contribution in [0.15, 0.2) is 72.1 Å². The zero-order valence-corrected chi connectivity index (χ0v) is 27.8. The maximum absolute atomic E-state index is 12.7. The maximum atomic E-state index is 12.7. The molecule has 0 radical (unpaired) electrons. The number of aromatic nitrogens is 1. The first kappa shape index (κ1) is 36.1. The van der Waals surface area contributed by atoms with E-state index in [1.807, 2.05) is 13.0 Å². The smallest absolute Gasteiger partial charge is 0.404 e. The van der Waals surface area contributed by atoms with Crippen LogP contribution in [-0.4, -0.2) is 24.0 Å². The summed E-state index contributed by atoms with van der Waals surface area (Å²) in [7, 11) is 0. The van der Waals surface area contributed by atoms with Crippen LogP contribution < -0.4 is 10.6 Å². The second kappa shape index (κ2) is 17.4. The number of alkyl halides is 3. The Kier molecular flexibility index (Phi) is 13.9. The molecule has 45 heavy (non-hydrogen) atoms. The van der Waals surface area contributed by atoms with Gasteiger partial charge in [0.15, 0.2) is 0 Å². The van der Waals surface area contributed by atoms with Crippen molar-refractivity contribution in [3.05, 3.63) is 89.4 Å². The molecule has 7 heteroatoms. The molecule has 4 nitrogen and oxygen atoms in total. The number of anilines is 1. The molecule has 0 saturated heterocycles. The number of nitrogens with two attached hydrogens (primary N) is 1. The Labute approximate surface area is 269 Å². The number of rotatable bonds is 10. The highest BCUT2D eigenvalue weighted by Gasteiger charge is 2.29. The van der Waals surface area contributed by atoms with Crippen LogP contribution in [0.4, 0.5) is 19.0 Å². The van der Waals surface area contributed by atoms with Crippen LogP contribution in [0.1, 0.15) is 113 Å². The molecule has 0 amide bonds. The summed E-state index contributed by atoms with van der Waals surface area (Å²) in [5.74, 6) is 2.18. The van der Waals surface area contributed by atoms with Gasteiger partial charge in [-0.15, -0.1) is 19.8 Å². The summed E-state index contributed by atoms with van der Waals surface area (Å²) in [6.45, 7) is 17.6. The molecule has 2 aliphatic carbocycles. The number of benzene rings is 1. The minimum atomic E-state index is -4.65. The van der Waals surface area contributed by atoms with Crippen molar-refractivity contribution in [3.63, 3.8) is 0 Å². The Hall–Kier alpha value is -3.35. The minimum Gasteiger partial charge on any atom is -0.404 e. The molecule has 1 heterocycles. The Morgan fingerprint density at radius 3 is 2.24 bits per heavy atom. The third kappa shape index (κ3) is 11.2. The van der Waals surface area contributed by atoms with Crippen LogP contribution in [0.5, 0.6) is 0 Å². The second-order valence-corrected chi connectivity index (χ2v) is 12.8. The molecule has 2 N–H and O–H groups in total. The van der Waals surface area contributed by atoms with Crippen molar-refractivity contribution in [2.75, 3.05) is 11.4 Å². The van der Waals surface area contributed by atoms with E-state index in [0.29, 0.717) is 29.1 Å². The predicted octanol–water partition coefficient (Wildman–Crippen LogP) is 10.7. The average Bonchev–Trinajstić information content (AvgIpc) is 3.04. The fourth-order valence-electron chi connectivity index (χ4n) is 6.42. The average molecular weight is 623 g/mol. The quantitative estimate of drug-likeness (QED) is 0.163. The molecule has 0 spiro atoms. The highest BCUT2D eigenvalue weighted by Crippen LogP contribution is 2.39. The van der Waals surface area contributed by atoms with E-state index in [0.717, 1.165) is 76.0 Å². The summed E-state index contributed by atoms with van der Waals surface area (Å²) in [6, 6.07) is 10.5. The van der Waals surface area contributed by atoms with Gasteiger partial charge in [0.1, 0.15) is 5.82 Å². The van der Waals surface area contributed by atoms with Crippen LogP contribution in [0.2, 0.25) is 0 Å². The summed E-state index contributed by atoms with van der Waals surface area (Å²) in [5.41, 5.74) is 13.0. The Bertz CT molecular complexity index is 1310. The van der Waals surface area contributed by atoms with Crippen LogP contribution >= 0.6 is 0 Å². The van der Waals surface area contributed by atoms with Gasteiger partial charge in [-0.3, -0.25) is 0 Å². The van der Waals surface area contributed by atoms with Gasteiger partial charge >= 0.3 is 6.30 Å². The number of halogens is 3. The van der Waals surface area contributed by atoms with Crippen molar-refractivity contribution in [3.8, 4) is 0 Å². The zero-order valence-electron chi connectivity index (χ0n) is 27.8. The lowest BCUT2D eigenvalue weighted by molar-refractivity contribution is -0.118. The molecular weight excluding hydrogens is 569 g/mol. The van der Waals surface area contributed by atoms with Gasteiger partial charge in [0.2, 0.25) is 0 Å². The molecule has 246 valence electrons. The third-order valence-corrected chi connectivity index (χ3v) is 9.42. The minimum absolute atomic E-state index is 0.203. The van der Waals surface area contributed by atoms with E-state index in [-0.39, 0.29) is 5.57 Å². The largest absolute Gasteiger partial charge is 0.503 e. The first-order valence-corrected chi connectivity index (χ1v) is 16.7. The van der Waals surface area contributed by atoms with Gasteiger partial charge in [-0.2, -0.15) is 4.99 Å². The van der Waals surface area contributed by atoms with E-state index in [4.69, 9.17) is 5.73 Å². The molecule has 0 unspecified atom stereocenters. The van der Waals surface area contributed by atoms with E-state index in [9.17, 15) is 13.2 Å². The molecule has 1 aromatic carbocycles. The van der Waals surface area contributed by atoms with Crippen molar-refractivity contribution < 1.29 is 13.2 Å². The first-order chi connectivity index (χ1) is 21.4. The van der Waals surface area contributed by atoms with E-state index >= 15 is 0 Å².